The van der Waals surface area contributed by atoms with Crippen molar-refractivity contribution in [2.45, 2.75) is 13.0 Å². The number of hydrogen-bond donors (Lipinski definition) is 2. The number of hydrazine groups is 1. The van der Waals surface area contributed by atoms with Gasteiger partial charge in [-0.25, -0.2) is 24.2 Å². The van der Waals surface area contributed by atoms with Gasteiger partial charge in [0.25, 0.3) is 0 Å². The van der Waals surface area contributed by atoms with Crippen LogP contribution in [0.4, 0.5) is 11.6 Å². The predicted octanol–water partition coefficient (Wildman–Crippen LogP) is -0.466. The second kappa shape index (κ2) is 6.33. The zero-order valence-electron chi connectivity index (χ0n) is 11.4. The van der Waals surface area contributed by atoms with Crippen molar-refractivity contribution in [3.05, 3.63) is 11.9 Å². The highest BCUT2D eigenvalue weighted by Gasteiger charge is 2.20. The number of nitrogens with two attached hydrogens (primary N) is 1. The van der Waals surface area contributed by atoms with Crippen LogP contribution in [0.25, 0.3) is 0 Å². The first kappa shape index (κ1) is 14.9. The largest absolute Gasteiger partial charge is 0.377 e. The van der Waals surface area contributed by atoms with Gasteiger partial charge >= 0.3 is 0 Å². The summed E-state index contributed by atoms with van der Waals surface area (Å²) in [7, 11) is -1.39. The van der Waals surface area contributed by atoms with E-state index in [9.17, 15) is 8.42 Å². The Balaban J connectivity index is 2.24. The molecule has 20 heavy (non-hydrogen) atoms. The lowest BCUT2D eigenvalue weighted by Crippen LogP contribution is -2.28. The number of ether oxygens (including phenoxy) is 1. The molecule has 0 unspecified atom stereocenters. The highest BCUT2D eigenvalue weighted by molar-refractivity contribution is 7.91. The van der Waals surface area contributed by atoms with E-state index in [0.29, 0.717) is 37.0 Å². The van der Waals surface area contributed by atoms with Crippen molar-refractivity contribution < 1.29 is 13.2 Å². The summed E-state index contributed by atoms with van der Waals surface area (Å²) in [6.45, 7) is 1.34. The minimum Gasteiger partial charge on any atom is -0.377 e. The molecule has 0 radical (unpaired) electrons. The van der Waals surface area contributed by atoms with Gasteiger partial charge in [-0.05, 0) is 6.42 Å². The van der Waals surface area contributed by atoms with Crippen LogP contribution in [0.15, 0.2) is 6.07 Å². The van der Waals surface area contributed by atoms with Crippen LogP contribution in [0.1, 0.15) is 12.2 Å². The van der Waals surface area contributed by atoms with E-state index in [1.54, 1.807) is 13.2 Å². The van der Waals surface area contributed by atoms with Crippen molar-refractivity contribution in [1.29, 1.82) is 0 Å². The fourth-order valence-electron chi connectivity index (χ4n) is 2.08. The van der Waals surface area contributed by atoms with Crippen molar-refractivity contribution in [3.63, 3.8) is 0 Å². The Morgan fingerprint density at radius 1 is 1.40 bits per heavy atom. The van der Waals surface area contributed by atoms with Gasteiger partial charge in [-0.2, -0.15) is 0 Å². The van der Waals surface area contributed by atoms with E-state index >= 15 is 0 Å². The van der Waals surface area contributed by atoms with E-state index in [-0.39, 0.29) is 18.1 Å². The summed E-state index contributed by atoms with van der Waals surface area (Å²) >= 11 is 0. The average molecular weight is 301 g/mol. The Morgan fingerprint density at radius 3 is 2.90 bits per heavy atom. The van der Waals surface area contributed by atoms with Gasteiger partial charge < -0.3 is 15.1 Å². The first-order valence-electron chi connectivity index (χ1n) is 6.33. The number of methoxy groups -OCH3 is 1. The Bertz CT molecular complexity index is 563. The zero-order valence-corrected chi connectivity index (χ0v) is 12.2. The normalized spacial score (nSPS) is 18.6. The Labute approximate surface area is 118 Å². The molecular formula is C11H19N5O3S. The third-order valence-corrected chi connectivity index (χ3v) is 4.78. The van der Waals surface area contributed by atoms with Crippen LogP contribution < -0.4 is 16.2 Å². The molecule has 1 aliphatic heterocycles. The number of aromatic nitrogens is 2. The summed E-state index contributed by atoms with van der Waals surface area (Å²) in [5.74, 6) is 7.41. The second-order valence-electron chi connectivity index (χ2n) is 4.60. The van der Waals surface area contributed by atoms with Gasteiger partial charge in [0.2, 0.25) is 0 Å². The molecule has 1 aliphatic rings. The van der Waals surface area contributed by atoms with Crippen molar-refractivity contribution >= 4 is 21.5 Å². The van der Waals surface area contributed by atoms with Crippen molar-refractivity contribution in [2.24, 2.45) is 5.84 Å². The highest BCUT2D eigenvalue weighted by Crippen LogP contribution is 2.18. The van der Waals surface area contributed by atoms with E-state index in [0.717, 1.165) is 0 Å². The monoisotopic (exact) mass is 301 g/mol. The molecule has 1 fully saturated rings. The fourth-order valence-corrected chi connectivity index (χ4v) is 3.35. The maximum Gasteiger partial charge on any atom is 0.158 e. The number of sulfone groups is 1. The molecule has 2 rings (SSSR count). The number of nitrogens with zero attached hydrogens (tertiary/aromatic N) is 3. The van der Waals surface area contributed by atoms with Crippen LogP contribution in [0.3, 0.4) is 0 Å². The predicted molar refractivity (Wildman–Crippen MR) is 76.0 cm³/mol. The van der Waals surface area contributed by atoms with Crippen LogP contribution >= 0.6 is 0 Å². The van der Waals surface area contributed by atoms with Gasteiger partial charge in [-0.3, -0.25) is 0 Å². The summed E-state index contributed by atoms with van der Waals surface area (Å²) < 4.78 is 28.3. The maximum absolute atomic E-state index is 11.6. The number of rotatable bonds is 4. The first-order valence-corrected chi connectivity index (χ1v) is 8.15. The molecule has 112 valence electrons. The number of nitrogens with one attached hydrogen (secondary N) is 1. The minimum atomic E-state index is -2.95. The molecule has 0 bridgehead atoms. The standard InChI is InChI=1S/C11H19N5O3S/c1-19-8-10-13-9(15-12)7-11(14-10)16-3-2-5-20(17,18)6-4-16/h7H,2-6,8,12H2,1H3,(H,13,14,15). The number of nitrogen functional groups attached to an aromatic ring is 1. The SMILES string of the molecule is COCc1nc(NN)cc(N2CCCS(=O)(=O)CC2)n1. The van der Waals surface area contributed by atoms with E-state index in [4.69, 9.17) is 10.6 Å². The van der Waals surface area contributed by atoms with E-state index in [1.165, 1.54) is 0 Å². The lowest BCUT2D eigenvalue weighted by molar-refractivity contribution is 0.178. The molecule has 2 heterocycles. The van der Waals surface area contributed by atoms with Crippen LogP contribution in [0.2, 0.25) is 0 Å². The third-order valence-electron chi connectivity index (χ3n) is 3.06. The Hall–Kier alpha value is -1.45. The summed E-state index contributed by atoms with van der Waals surface area (Å²) in [4.78, 5) is 10.5. The molecule has 8 nitrogen and oxygen atoms in total. The Morgan fingerprint density at radius 2 is 2.20 bits per heavy atom. The molecule has 0 aliphatic carbocycles. The Kier molecular flexibility index (Phi) is 4.73. The molecule has 3 N–H and O–H groups in total. The molecule has 0 amide bonds. The van der Waals surface area contributed by atoms with Gasteiger partial charge in [0.1, 0.15) is 18.2 Å². The highest BCUT2D eigenvalue weighted by atomic mass is 32.2. The summed E-state index contributed by atoms with van der Waals surface area (Å²) in [5.41, 5.74) is 2.49. The summed E-state index contributed by atoms with van der Waals surface area (Å²) in [6.07, 6.45) is 0.595. The molecular weight excluding hydrogens is 282 g/mol. The van der Waals surface area contributed by atoms with Gasteiger partial charge in [-0.1, -0.05) is 0 Å². The van der Waals surface area contributed by atoms with E-state index in [2.05, 4.69) is 15.4 Å². The van der Waals surface area contributed by atoms with Crippen molar-refractivity contribution in [2.75, 3.05) is 42.0 Å². The maximum atomic E-state index is 11.6. The number of hydrogen-bond acceptors (Lipinski definition) is 8. The molecule has 0 spiro atoms. The van der Waals surface area contributed by atoms with Gasteiger partial charge in [0.15, 0.2) is 15.7 Å². The summed E-state index contributed by atoms with van der Waals surface area (Å²) in [6, 6.07) is 1.71. The van der Waals surface area contributed by atoms with Crippen LogP contribution in [-0.2, 0) is 21.2 Å². The van der Waals surface area contributed by atoms with E-state index < -0.39 is 9.84 Å². The van der Waals surface area contributed by atoms with Crippen LogP contribution in [-0.4, -0.2) is 50.1 Å². The topological polar surface area (TPSA) is 110 Å². The molecule has 1 aromatic rings. The first-order chi connectivity index (χ1) is 9.54. The lowest BCUT2D eigenvalue weighted by atomic mass is 10.3. The van der Waals surface area contributed by atoms with Gasteiger partial charge in [0.05, 0.1) is 11.5 Å². The fraction of sp³-hybridized carbons (Fsp3) is 0.636. The lowest BCUT2D eigenvalue weighted by Gasteiger charge is -2.21. The smallest absolute Gasteiger partial charge is 0.158 e. The van der Waals surface area contributed by atoms with Crippen LogP contribution in [0, 0.1) is 0 Å². The van der Waals surface area contributed by atoms with E-state index in [1.807, 2.05) is 4.90 Å². The van der Waals surface area contributed by atoms with Crippen molar-refractivity contribution in [3.8, 4) is 0 Å². The minimum absolute atomic E-state index is 0.141. The number of anilines is 2. The van der Waals surface area contributed by atoms with Gasteiger partial charge in [-0.15, -0.1) is 0 Å². The zero-order chi connectivity index (χ0) is 14.6. The van der Waals surface area contributed by atoms with Gasteiger partial charge in [0, 0.05) is 26.3 Å². The average Bonchev–Trinajstić information content (AvgIpc) is 2.59. The second-order valence-corrected chi connectivity index (χ2v) is 6.90. The molecule has 0 aromatic carbocycles. The molecule has 0 atom stereocenters. The molecule has 1 saturated heterocycles. The van der Waals surface area contributed by atoms with Crippen LogP contribution in [0.5, 0.6) is 0 Å². The summed E-state index contributed by atoms with van der Waals surface area (Å²) in [5, 5.41) is 0. The molecule has 0 saturated carbocycles. The third kappa shape index (κ3) is 3.78. The molecule has 9 heteroatoms. The van der Waals surface area contributed by atoms with Crippen molar-refractivity contribution in [1.82, 2.24) is 9.97 Å². The molecule has 1 aromatic heterocycles. The quantitative estimate of drug-likeness (QED) is 0.567.